The van der Waals surface area contributed by atoms with Crippen molar-refractivity contribution in [3.05, 3.63) is 64.9 Å². The van der Waals surface area contributed by atoms with E-state index in [1.165, 1.54) is 5.56 Å². The molecule has 3 heteroatoms. The lowest BCUT2D eigenvalue weighted by molar-refractivity contribution is 0.0998. The molecule has 0 saturated carbocycles. The lowest BCUT2D eigenvalue weighted by atomic mass is 9.87. The lowest BCUT2D eigenvalue weighted by Gasteiger charge is -2.19. The Morgan fingerprint density at radius 2 is 1.67 bits per heavy atom. The zero-order valence-corrected chi connectivity index (χ0v) is 14.9. The van der Waals surface area contributed by atoms with E-state index in [1.807, 2.05) is 56.3 Å². The second kappa shape index (κ2) is 5.82. The molecule has 0 fully saturated rings. The summed E-state index contributed by atoms with van der Waals surface area (Å²) in [4.78, 5) is 12.6. The molecule has 1 heterocycles. The van der Waals surface area contributed by atoms with Crippen molar-refractivity contribution in [3.8, 4) is 0 Å². The van der Waals surface area contributed by atoms with Crippen molar-refractivity contribution >= 4 is 22.6 Å². The number of carbonyl (C=O) groups is 1. The molecule has 0 unspecified atom stereocenters. The Morgan fingerprint density at radius 3 is 2.29 bits per heavy atom. The maximum atomic E-state index is 12.6. The summed E-state index contributed by atoms with van der Waals surface area (Å²) in [6, 6.07) is 13.9. The van der Waals surface area contributed by atoms with Gasteiger partial charge in [-0.15, -0.1) is 0 Å². The Morgan fingerprint density at radius 1 is 1.00 bits per heavy atom. The molecule has 1 amide bonds. The maximum absolute atomic E-state index is 12.6. The van der Waals surface area contributed by atoms with E-state index in [-0.39, 0.29) is 11.3 Å². The van der Waals surface area contributed by atoms with Gasteiger partial charge in [0.25, 0.3) is 5.91 Å². The van der Waals surface area contributed by atoms with Gasteiger partial charge in [0.05, 0.1) is 0 Å². The molecule has 0 aliphatic rings. The van der Waals surface area contributed by atoms with Crippen LogP contribution in [0.15, 0.2) is 46.9 Å². The summed E-state index contributed by atoms with van der Waals surface area (Å²) in [6.07, 6.45) is 0. The molecule has 0 atom stereocenters. The number of carbonyl (C=O) groups excluding carboxylic acids is 1. The molecule has 0 aliphatic heterocycles. The van der Waals surface area contributed by atoms with Crippen molar-refractivity contribution in [2.75, 3.05) is 5.32 Å². The van der Waals surface area contributed by atoms with Crippen LogP contribution in [0.2, 0.25) is 0 Å². The van der Waals surface area contributed by atoms with Gasteiger partial charge >= 0.3 is 0 Å². The van der Waals surface area contributed by atoms with Crippen LogP contribution in [0.5, 0.6) is 0 Å². The summed E-state index contributed by atoms with van der Waals surface area (Å²) in [6.45, 7) is 10.4. The molecule has 3 rings (SSSR count). The van der Waals surface area contributed by atoms with Gasteiger partial charge in [0.1, 0.15) is 5.58 Å². The molecule has 1 N–H and O–H groups in total. The second-order valence-electron chi connectivity index (χ2n) is 7.34. The molecule has 1 aromatic heterocycles. The SMILES string of the molecule is Cc1ccc2c(C)c(C(=O)Nc3ccc(C(C)(C)C)cc3)oc2c1. The van der Waals surface area contributed by atoms with E-state index in [0.29, 0.717) is 5.76 Å². The predicted molar refractivity (Wildman–Crippen MR) is 98.8 cm³/mol. The Bertz CT molecular complexity index is 896. The summed E-state index contributed by atoms with van der Waals surface area (Å²) < 4.78 is 5.78. The van der Waals surface area contributed by atoms with E-state index < -0.39 is 0 Å². The number of fused-ring (bicyclic) bond motifs is 1. The fraction of sp³-hybridized carbons (Fsp3) is 0.286. The van der Waals surface area contributed by atoms with Gasteiger partial charge in [-0.25, -0.2) is 0 Å². The minimum absolute atomic E-state index is 0.0930. The molecule has 24 heavy (non-hydrogen) atoms. The zero-order chi connectivity index (χ0) is 17.5. The average molecular weight is 321 g/mol. The highest BCUT2D eigenvalue weighted by Gasteiger charge is 2.18. The van der Waals surface area contributed by atoms with Gasteiger partial charge in [-0.1, -0.05) is 45.0 Å². The molecule has 0 spiro atoms. The first-order valence-electron chi connectivity index (χ1n) is 8.17. The molecular formula is C21H23NO2. The van der Waals surface area contributed by atoms with E-state index in [4.69, 9.17) is 4.42 Å². The summed E-state index contributed by atoms with van der Waals surface area (Å²) in [5.74, 6) is 0.153. The Hall–Kier alpha value is -2.55. The minimum Gasteiger partial charge on any atom is -0.451 e. The van der Waals surface area contributed by atoms with Gasteiger partial charge in [-0.05, 0) is 48.6 Å². The van der Waals surface area contributed by atoms with Gasteiger partial charge < -0.3 is 9.73 Å². The number of furan rings is 1. The minimum atomic E-state index is -0.218. The monoisotopic (exact) mass is 321 g/mol. The van der Waals surface area contributed by atoms with Crippen molar-refractivity contribution in [3.63, 3.8) is 0 Å². The van der Waals surface area contributed by atoms with Crippen LogP contribution in [0.4, 0.5) is 5.69 Å². The van der Waals surface area contributed by atoms with Crippen molar-refractivity contribution in [2.24, 2.45) is 0 Å². The van der Waals surface area contributed by atoms with Gasteiger partial charge in [-0.2, -0.15) is 0 Å². The summed E-state index contributed by atoms with van der Waals surface area (Å²) in [7, 11) is 0. The van der Waals surface area contributed by atoms with Crippen LogP contribution in [0.25, 0.3) is 11.0 Å². The average Bonchev–Trinajstić information content (AvgIpc) is 2.83. The third kappa shape index (κ3) is 3.07. The molecule has 0 saturated heterocycles. The topological polar surface area (TPSA) is 42.2 Å². The first kappa shape index (κ1) is 16.3. The van der Waals surface area contributed by atoms with Crippen molar-refractivity contribution in [1.29, 1.82) is 0 Å². The first-order chi connectivity index (χ1) is 11.3. The number of anilines is 1. The number of rotatable bonds is 2. The third-order valence-corrected chi connectivity index (χ3v) is 4.31. The molecule has 0 aliphatic carbocycles. The number of nitrogens with one attached hydrogen (secondary N) is 1. The van der Waals surface area contributed by atoms with Crippen LogP contribution in [-0.2, 0) is 5.41 Å². The highest BCUT2D eigenvalue weighted by Crippen LogP contribution is 2.27. The van der Waals surface area contributed by atoms with Crippen molar-refractivity contribution in [2.45, 2.75) is 40.0 Å². The van der Waals surface area contributed by atoms with Gasteiger partial charge in [0.15, 0.2) is 5.76 Å². The number of amides is 1. The van der Waals surface area contributed by atoms with Crippen LogP contribution in [0, 0.1) is 13.8 Å². The van der Waals surface area contributed by atoms with Gasteiger partial charge in [0.2, 0.25) is 0 Å². The Labute approximate surface area is 142 Å². The highest BCUT2D eigenvalue weighted by molar-refractivity contribution is 6.06. The van der Waals surface area contributed by atoms with E-state index in [9.17, 15) is 4.79 Å². The predicted octanol–water partition coefficient (Wildman–Crippen LogP) is 5.60. The van der Waals surface area contributed by atoms with Crippen LogP contribution >= 0.6 is 0 Å². The molecule has 0 bridgehead atoms. The number of hydrogen-bond acceptors (Lipinski definition) is 2. The maximum Gasteiger partial charge on any atom is 0.291 e. The van der Waals surface area contributed by atoms with Crippen LogP contribution in [-0.4, -0.2) is 5.91 Å². The van der Waals surface area contributed by atoms with Crippen LogP contribution < -0.4 is 5.32 Å². The zero-order valence-electron chi connectivity index (χ0n) is 14.9. The fourth-order valence-corrected chi connectivity index (χ4v) is 2.79. The van der Waals surface area contributed by atoms with E-state index in [0.717, 1.165) is 27.8 Å². The van der Waals surface area contributed by atoms with E-state index in [2.05, 4.69) is 26.1 Å². The summed E-state index contributed by atoms with van der Waals surface area (Å²) in [5.41, 5.74) is 4.82. The van der Waals surface area contributed by atoms with Gasteiger partial charge in [-0.3, -0.25) is 4.79 Å². The number of aryl methyl sites for hydroxylation is 2. The summed E-state index contributed by atoms with van der Waals surface area (Å²) in [5, 5.41) is 3.90. The fourth-order valence-electron chi connectivity index (χ4n) is 2.79. The Balaban J connectivity index is 1.86. The van der Waals surface area contributed by atoms with Crippen molar-refractivity contribution in [1.82, 2.24) is 0 Å². The molecule has 3 nitrogen and oxygen atoms in total. The normalized spacial score (nSPS) is 11.7. The largest absolute Gasteiger partial charge is 0.451 e. The van der Waals surface area contributed by atoms with E-state index >= 15 is 0 Å². The summed E-state index contributed by atoms with van der Waals surface area (Å²) >= 11 is 0. The second-order valence-corrected chi connectivity index (χ2v) is 7.34. The highest BCUT2D eigenvalue weighted by atomic mass is 16.3. The smallest absolute Gasteiger partial charge is 0.291 e. The third-order valence-electron chi connectivity index (χ3n) is 4.31. The number of hydrogen-bond donors (Lipinski definition) is 1. The van der Waals surface area contributed by atoms with Crippen molar-refractivity contribution < 1.29 is 9.21 Å². The molecular weight excluding hydrogens is 298 g/mol. The van der Waals surface area contributed by atoms with E-state index in [1.54, 1.807) is 0 Å². The molecule has 3 aromatic rings. The number of benzene rings is 2. The molecule has 0 radical (unpaired) electrons. The first-order valence-corrected chi connectivity index (χ1v) is 8.17. The Kier molecular flexibility index (Phi) is 3.96. The van der Waals surface area contributed by atoms with Crippen LogP contribution in [0.1, 0.15) is 48.0 Å². The molecule has 124 valence electrons. The molecule has 2 aromatic carbocycles. The van der Waals surface area contributed by atoms with Gasteiger partial charge in [0, 0.05) is 16.6 Å². The lowest BCUT2D eigenvalue weighted by Crippen LogP contribution is -2.13. The standard InChI is InChI=1S/C21H23NO2/c1-13-6-11-17-14(2)19(24-18(17)12-13)20(23)22-16-9-7-15(8-10-16)21(3,4)5/h6-12H,1-5H3,(H,22,23). The quantitative estimate of drug-likeness (QED) is 0.667. The van der Waals surface area contributed by atoms with Crippen LogP contribution in [0.3, 0.4) is 0 Å².